The van der Waals surface area contributed by atoms with Gasteiger partial charge in [0.25, 0.3) is 0 Å². The fraction of sp³-hybridized carbons (Fsp3) is 0.438. The van der Waals surface area contributed by atoms with Crippen molar-refractivity contribution in [3.05, 3.63) is 35.1 Å². The number of ether oxygens (including phenoxy) is 1. The molecule has 0 saturated heterocycles. The predicted molar refractivity (Wildman–Crippen MR) is 75.1 cm³/mol. The normalized spacial score (nSPS) is 11.1. The van der Waals surface area contributed by atoms with Gasteiger partial charge in [-0.25, -0.2) is 0 Å². The average molecular weight is 257 g/mol. The minimum absolute atomic E-state index is 0.451. The van der Waals surface area contributed by atoms with Gasteiger partial charge < -0.3 is 9.15 Å². The van der Waals surface area contributed by atoms with E-state index < -0.39 is 0 Å². The van der Waals surface area contributed by atoms with Crippen LogP contribution in [0.3, 0.4) is 0 Å². The lowest BCUT2D eigenvalue weighted by Gasteiger charge is -2.04. The van der Waals surface area contributed by atoms with Crippen molar-refractivity contribution < 1.29 is 9.15 Å². The molecule has 0 aliphatic rings. The van der Waals surface area contributed by atoms with Gasteiger partial charge in [0.2, 0.25) is 5.76 Å². The Bertz CT molecular complexity index is 605. The van der Waals surface area contributed by atoms with Gasteiger partial charge in [-0.1, -0.05) is 19.9 Å². The molecule has 3 nitrogen and oxygen atoms in total. The molecule has 0 aliphatic carbocycles. The number of benzene rings is 1. The van der Waals surface area contributed by atoms with E-state index in [9.17, 15) is 5.26 Å². The van der Waals surface area contributed by atoms with Crippen LogP contribution in [0.2, 0.25) is 0 Å². The largest absolute Gasteiger partial charge is 0.445 e. The number of methoxy groups -OCH3 is 1. The quantitative estimate of drug-likeness (QED) is 0.820. The summed E-state index contributed by atoms with van der Waals surface area (Å²) in [4.78, 5) is 0. The van der Waals surface area contributed by atoms with Crippen molar-refractivity contribution in [2.24, 2.45) is 5.92 Å². The molecule has 1 aromatic carbocycles. The van der Waals surface area contributed by atoms with E-state index >= 15 is 0 Å². The molecule has 1 aromatic heterocycles. The maximum Gasteiger partial charge on any atom is 0.207 e. The van der Waals surface area contributed by atoms with Gasteiger partial charge in [-0.15, -0.1) is 0 Å². The number of hydrogen-bond donors (Lipinski definition) is 0. The van der Waals surface area contributed by atoms with Crippen molar-refractivity contribution in [2.45, 2.75) is 26.7 Å². The van der Waals surface area contributed by atoms with E-state index in [1.807, 2.05) is 12.1 Å². The van der Waals surface area contributed by atoms with E-state index in [-0.39, 0.29) is 0 Å². The van der Waals surface area contributed by atoms with Gasteiger partial charge in [-0.05, 0) is 36.5 Å². The molecule has 0 bridgehead atoms. The summed E-state index contributed by atoms with van der Waals surface area (Å²) in [6.45, 7) is 5.00. The van der Waals surface area contributed by atoms with E-state index in [0.29, 0.717) is 18.3 Å². The number of nitriles is 1. The predicted octanol–water partition coefficient (Wildman–Crippen LogP) is 3.69. The van der Waals surface area contributed by atoms with Crippen LogP contribution in [0.4, 0.5) is 0 Å². The Kier molecular flexibility index (Phi) is 4.24. The highest BCUT2D eigenvalue weighted by atomic mass is 16.5. The zero-order valence-corrected chi connectivity index (χ0v) is 11.7. The first-order valence-corrected chi connectivity index (χ1v) is 6.59. The molecular formula is C16H19NO2. The molecule has 0 fully saturated rings. The molecule has 3 heteroatoms. The van der Waals surface area contributed by atoms with Gasteiger partial charge >= 0.3 is 0 Å². The molecule has 0 atom stereocenters. The van der Waals surface area contributed by atoms with Crippen LogP contribution in [-0.4, -0.2) is 13.7 Å². The maximum absolute atomic E-state index is 9.18. The lowest BCUT2D eigenvalue weighted by molar-refractivity contribution is 0.202. The molecule has 0 unspecified atom stereocenters. The zero-order valence-electron chi connectivity index (χ0n) is 11.7. The van der Waals surface area contributed by atoms with Crippen LogP contribution in [0.25, 0.3) is 11.0 Å². The number of rotatable bonds is 5. The number of hydrogen-bond acceptors (Lipinski definition) is 3. The van der Waals surface area contributed by atoms with Gasteiger partial charge in [-0.2, -0.15) is 5.26 Å². The van der Waals surface area contributed by atoms with Crippen LogP contribution in [0.1, 0.15) is 30.7 Å². The fourth-order valence-electron chi connectivity index (χ4n) is 2.27. The van der Waals surface area contributed by atoms with Crippen molar-refractivity contribution in [3.63, 3.8) is 0 Å². The topological polar surface area (TPSA) is 46.2 Å². The Morgan fingerprint density at radius 2 is 2.16 bits per heavy atom. The van der Waals surface area contributed by atoms with Gasteiger partial charge in [0.15, 0.2) is 0 Å². The summed E-state index contributed by atoms with van der Waals surface area (Å²) in [5.74, 6) is 0.947. The average Bonchev–Trinajstić information content (AvgIpc) is 2.73. The van der Waals surface area contributed by atoms with E-state index in [2.05, 4.69) is 26.0 Å². The lowest BCUT2D eigenvalue weighted by atomic mass is 9.98. The first-order chi connectivity index (χ1) is 9.15. The van der Waals surface area contributed by atoms with Gasteiger partial charge in [0.1, 0.15) is 11.7 Å². The standard InChI is InChI=1S/C16H19NO2/c1-11(2)8-13-14-9-12(6-7-18-3)4-5-15(14)19-16(13)10-17/h4-5,9,11H,6-8H2,1-3H3. The Morgan fingerprint density at radius 1 is 1.37 bits per heavy atom. The molecule has 0 radical (unpaired) electrons. The van der Waals surface area contributed by atoms with Crippen molar-refractivity contribution >= 4 is 11.0 Å². The highest BCUT2D eigenvalue weighted by Gasteiger charge is 2.15. The summed E-state index contributed by atoms with van der Waals surface area (Å²) in [5.41, 5.74) is 3.05. The second-order valence-corrected chi connectivity index (χ2v) is 5.19. The SMILES string of the molecule is COCCc1ccc2oc(C#N)c(CC(C)C)c2c1. The molecule has 2 rings (SSSR count). The molecule has 0 aliphatic heterocycles. The summed E-state index contributed by atoms with van der Waals surface area (Å²) in [5, 5.41) is 10.2. The second-order valence-electron chi connectivity index (χ2n) is 5.19. The first kappa shape index (κ1) is 13.6. The second kappa shape index (κ2) is 5.90. The minimum atomic E-state index is 0.451. The maximum atomic E-state index is 9.18. The van der Waals surface area contributed by atoms with Crippen LogP contribution < -0.4 is 0 Å². The summed E-state index contributed by atoms with van der Waals surface area (Å²) in [6, 6.07) is 8.27. The third-order valence-corrected chi connectivity index (χ3v) is 3.16. The third kappa shape index (κ3) is 2.97. The first-order valence-electron chi connectivity index (χ1n) is 6.59. The molecule has 0 spiro atoms. The van der Waals surface area contributed by atoms with Crippen LogP contribution >= 0.6 is 0 Å². The van der Waals surface area contributed by atoms with Crippen molar-refractivity contribution in [1.29, 1.82) is 5.26 Å². The van der Waals surface area contributed by atoms with Gasteiger partial charge in [0.05, 0.1) is 6.61 Å². The molecule has 0 saturated carbocycles. The Labute approximate surface area is 113 Å². The molecular weight excluding hydrogens is 238 g/mol. The highest BCUT2D eigenvalue weighted by molar-refractivity contribution is 5.84. The monoisotopic (exact) mass is 257 g/mol. The molecule has 0 N–H and O–H groups in total. The summed E-state index contributed by atoms with van der Waals surface area (Å²) in [7, 11) is 1.70. The fourth-order valence-corrected chi connectivity index (χ4v) is 2.27. The van der Waals surface area contributed by atoms with Crippen LogP contribution in [0, 0.1) is 17.2 Å². The van der Waals surface area contributed by atoms with Crippen molar-refractivity contribution in [2.75, 3.05) is 13.7 Å². The van der Waals surface area contributed by atoms with E-state index in [4.69, 9.17) is 9.15 Å². The van der Waals surface area contributed by atoms with Crippen LogP contribution in [0.15, 0.2) is 22.6 Å². The Balaban J connectivity index is 2.46. The lowest BCUT2D eigenvalue weighted by Crippen LogP contribution is -1.96. The summed E-state index contributed by atoms with van der Waals surface area (Å²) in [6.07, 6.45) is 1.74. The van der Waals surface area contributed by atoms with Crippen LogP contribution in [-0.2, 0) is 17.6 Å². The minimum Gasteiger partial charge on any atom is -0.445 e. The van der Waals surface area contributed by atoms with E-state index in [0.717, 1.165) is 29.4 Å². The molecule has 1 heterocycles. The third-order valence-electron chi connectivity index (χ3n) is 3.16. The van der Waals surface area contributed by atoms with E-state index in [1.165, 1.54) is 5.56 Å². The smallest absolute Gasteiger partial charge is 0.207 e. The Morgan fingerprint density at radius 3 is 2.79 bits per heavy atom. The van der Waals surface area contributed by atoms with Gasteiger partial charge in [0, 0.05) is 18.1 Å². The number of fused-ring (bicyclic) bond motifs is 1. The number of furan rings is 1. The summed E-state index contributed by atoms with van der Waals surface area (Å²) >= 11 is 0. The molecule has 19 heavy (non-hydrogen) atoms. The molecule has 0 amide bonds. The van der Waals surface area contributed by atoms with Crippen molar-refractivity contribution in [1.82, 2.24) is 0 Å². The number of nitrogens with zero attached hydrogens (tertiary/aromatic N) is 1. The zero-order chi connectivity index (χ0) is 13.8. The molecule has 100 valence electrons. The van der Waals surface area contributed by atoms with Gasteiger partial charge in [-0.3, -0.25) is 0 Å². The molecule has 2 aromatic rings. The summed E-state index contributed by atoms with van der Waals surface area (Å²) < 4.78 is 10.7. The Hall–Kier alpha value is -1.79. The van der Waals surface area contributed by atoms with E-state index in [1.54, 1.807) is 7.11 Å². The van der Waals surface area contributed by atoms with Crippen LogP contribution in [0.5, 0.6) is 0 Å². The highest BCUT2D eigenvalue weighted by Crippen LogP contribution is 2.28. The van der Waals surface area contributed by atoms with Crippen molar-refractivity contribution in [3.8, 4) is 6.07 Å².